The number of nitrogens with zero attached hydrogens (tertiary/aromatic N) is 1. The molecule has 0 aromatic heterocycles. The second-order valence-corrected chi connectivity index (χ2v) is 5.24. The second kappa shape index (κ2) is 6.60. The minimum absolute atomic E-state index is 0.0500. The van der Waals surface area contributed by atoms with Crippen molar-refractivity contribution < 1.29 is 9.53 Å². The second-order valence-electron chi connectivity index (χ2n) is 5.24. The van der Waals surface area contributed by atoms with Crippen LogP contribution in [-0.4, -0.2) is 31.0 Å². The third kappa shape index (κ3) is 3.72. The number of fused-ring (bicyclic) bond motifs is 1. The molecule has 0 atom stereocenters. The Morgan fingerprint density at radius 2 is 2.11 bits per heavy atom. The van der Waals surface area contributed by atoms with E-state index in [0.717, 1.165) is 31.6 Å². The molecule has 0 bridgehead atoms. The zero-order valence-corrected chi connectivity index (χ0v) is 11.9. The lowest BCUT2D eigenvalue weighted by Crippen LogP contribution is -2.32. The van der Waals surface area contributed by atoms with Crippen molar-refractivity contribution in [1.82, 2.24) is 4.90 Å². The van der Waals surface area contributed by atoms with E-state index in [1.54, 1.807) is 4.90 Å². The standard InChI is InChI=1S/C16H23NO2/c1-3-4-10-17(2)16(18)12-19-15-9-8-13-6-5-7-14(13)11-15/h8-9,11H,3-7,10,12H2,1-2H3. The summed E-state index contributed by atoms with van der Waals surface area (Å²) in [6.07, 6.45) is 5.69. The van der Waals surface area contributed by atoms with Crippen LogP contribution in [0.15, 0.2) is 18.2 Å². The molecule has 1 aliphatic carbocycles. The Balaban J connectivity index is 1.83. The SMILES string of the molecule is CCCCN(C)C(=O)COc1ccc2c(c1)CCC2. The van der Waals surface area contributed by atoms with Crippen LogP contribution < -0.4 is 4.74 Å². The lowest BCUT2D eigenvalue weighted by Gasteiger charge is -2.17. The summed E-state index contributed by atoms with van der Waals surface area (Å²) in [4.78, 5) is 13.6. The molecule has 1 amide bonds. The third-order valence-electron chi connectivity index (χ3n) is 3.71. The highest BCUT2D eigenvalue weighted by Crippen LogP contribution is 2.25. The van der Waals surface area contributed by atoms with Crippen LogP contribution in [0.4, 0.5) is 0 Å². The average molecular weight is 261 g/mol. The first-order valence-corrected chi connectivity index (χ1v) is 7.19. The van der Waals surface area contributed by atoms with E-state index in [1.165, 1.54) is 24.0 Å². The van der Waals surface area contributed by atoms with Crippen LogP contribution in [0, 0.1) is 0 Å². The summed E-state index contributed by atoms with van der Waals surface area (Å²) in [5.41, 5.74) is 2.81. The molecule has 2 rings (SSSR count). The van der Waals surface area contributed by atoms with E-state index in [1.807, 2.05) is 13.1 Å². The molecule has 1 aliphatic rings. The molecular weight excluding hydrogens is 238 g/mol. The molecule has 3 nitrogen and oxygen atoms in total. The zero-order valence-electron chi connectivity index (χ0n) is 11.9. The van der Waals surface area contributed by atoms with Gasteiger partial charge in [-0.15, -0.1) is 0 Å². The number of benzene rings is 1. The first kappa shape index (κ1) is 13.9. The maximum atomic E-state index is 11.9. The summed E-state index contributed by atoms with van der Waals surface area (Å²) < 4.78 is 5.60. The number of aryl methyl sites for hydroxylation is 2. The van der Waals surface area contributed by atoms with Crippen molar-refractivity contribution in [2.75, 3.05) is 20.2 Å². The monoisotopic (exact) mass is 261 g/mol. The van der Waals surface area contributed by atoms with E-state index in [-0.39, 0.29) is 12.5 Å². The zero-order chi connectivity index (χ0) is 13.7. The first-order chi connectivity index (χ1) is 9.20. The van der Waals surface area contributed by atoms with Gasteiger partial charge in [-0.2, -0.15) is 0 Å². The normalized spacial score (nSPS) is 13.2. The van der Waals surface area contributed by atoms with Crippen LogP contribution in [-0.2, 0) is 17.6 Å². The predicted octanol–water partition coefficient (Wildman–Crippen LogP) is 2.81. The number of unbranched alkanes of at least 4 members (excludes halogenated alkanes) is 1. The molecule has 104 valence electrons. The van der Waals surface area contributed by atoms with Crippen molar-refractivity contribution in [3.63, 3.8) is 0 Å². The van der Waals surface area contributed by atoms with Gasteiger partial charge in [0, 0.05) is 13.6 Å². The number of carbonyl (C=O) groups excluding carboxylic acids is 1. The average Bonchev–Trinajstić information content (AvgIpc) is 2.89. The molecule has 0 spiro atoms. The van der Waals surface area contributed by atoms with Crippen LogP contribution in [0.25, 0.3) is 0 Å². The highest BCUT2D eigenvalue weighted by molar-refractivity contribution is 5.77. The van der Waals surface area contributed by atoms with E-state index in [9.17, 15) is 4.79 Å². The summed E-state index contributed by atoms with van der Waals surface area (Å²) in [5, 5.41) is 0. The molecular formula is C16H23NO2. The van der Waals surface area contributed by atoms with E-state index in [4.69, 9.17) is 4.74 Å². The van der Waals surface area contributed by atoms with Gasteiger partial charge < -0.3 is 9.64 Å². The lowest BCUT2D eigenvalue weighted by molar-refractivity contribution is -0.132. The molecule has 19 heavy (non-hydrogen) atoms. The molecule has 1 aromatic carbocycles. The smallest absolute Gasteiger partial charge is 0.260 e. The lowest BCUT2D eigenvalue weighted by atomic mass is 10.1. The Kier molecular flexibility index (Phi) is 4.83. The Morgan fingerprint density at radius 3 is 2.89 bits per heavy atom. The summed E-state index contributed by atoms with van der Waals surface area (Å²) in [5.74, 6) is 0.867. The maximum Gasteiger partial charge on any atom is 0.260 e. The molecule has 0 unspecified atom stereocenters. The fourth-order valence-corrected chi connectivity index (χ4v) is 2.41. The van der Waals surface area contributed by atoms with Crippen molar-refractivity contribution in [3.8, 4) is 5.75 Å². The molecule has 0 radical (unpaired) electrons. The number of amides is 1. The first-order valence-electron chi connectivity index (χ1n) is 7.19. The summed E-state index contributed by atoms with van der Waals surface area (Å²) in [6.45, 7) is 3.07. The predicted molar refractivity (Wildman–Crippen MR) is 76.5 cm³/mol. The molecule has 0 aliphatic heterocycles. The summed E-state index contributed by atoms with van der Waals surface area (Å²) in [6, 6.07) is 6.19. The molecule has 3 heteroatoms. The molecule has 0 N–H and O–H groups in total. The van der Waals surface area contributed by atoms with Gasteiger partial charge in [0.15, 0.2) is 6.61 Å². The van der Waals surface area contributed by atoms with Gasteiger partial charge in [0.05, 0.1) is 0 Å². The maximum absolute atomic E-state index is 11.9. The van der Waals surface area contributed by atoms with Gasteiger partial charge in [-0.05, 0) is 48.9 Å². The third-order valence-corrected chi connectivity index (χ3v) is 3.71. The van der Waals surface area contributed by atoms with Gasteiger partial charge in [-0.1, -0.05) is 19.4 Å². The van der Waals surface area contributed by atoms with Gasteiger partial charge in [-0.3, -0.25) is 4.79 Å². The minimum atomic E-state index is 0.0500. The summed E-state index contributed by atoms with van der Waals surface area (Å²) in [7, 11) is 1.84. The van der Waals surface area contributed by atoms with Crippen molar-refractivity contribution in [1.29, 1.82) is 0 Å². The number of rotatable bonds is 6. The highest BCUT2D eigenvalue weighted by Gasteiger charge is 2.13. The number of likely N-dealkylation sites (N-methyl/N-ethyl adjacent to an activating group) is 1. The fraction of sp³-hybridized carbons (Fsp3) is 0.562. The van der Waals surface area contributed by atoms with Gasteiger partial charge >= 0.3 is 0 Å². The van der Waals surface area contributed by atoms with E-state index < -0.39 is 0 Å². The number of carbonyl (C=O) groups is 1. The van der Waals surface area contributed by atoms with E-state index >= 15 is 0 Å². The minimum Gasteiger partial charge on any atom is -0.484 e. The Hall–Kier alpha value is -1.51. The van der Waals surface area contributed by atoms with E-state index in [2.05, 4.69) is 19.1 Å². The Morgan fingerprint density at radius 1 is 1.32 bits per heavy atom. The Bertz CT molecular complexity index is 442. The topological polar surface area (TPSA) is 29.5 Å². The summed E-state index contributed by atoms with van der Waals surface area (Å²) >= 11 is 0. The molecule has 0 saturated heterocycles. The van der Waals surface area contributed by atoms with Crippen LogP contribution >= 0.6 is 0 Å². The van der Waals surface area contributed by atoms with Crippen molar-refractivity contribution in [3.05, 3.63) is 29.3 Å². The van der Waals surface area contributed by atoms with Gasteiger partial charge in [0.25, 0.3) is 5.91 Å². The van der Waals surface area contributed by atoms with Gasteiger partial charge in [0.2, 0.25) is 0 Å². The fourth-order valence-electron chi connectivity index (χ4n) is 2.41. The highest BCUT2D eigenvalue weighted by atomic mass is 16.5. The van der Waals surface area contributed by atoms with Gasteiger partial charge in [0.1, 0.15) is 5.75 Å². The van der Waals surface area contributed by atoms with Crippen LogP contribution in [0.5, 0.6) is 5.75 Å². The number of hydrogen-bond donors (Lipinski definition) is 0. The molecule has 0 fully saturated rings. The number of ether oxygens (including phenoxy) is 1. The quantitative estimate of drug-likeness (QED) is 0.788. The van der Waals surface area contributed by atoms with Crippen LogP contribution in [0.3, 0.4) is 0 Å². The van der Waals surface area contributed by atoms with Crippen molar-refractivity contribution in [2.45, 2.75) is 39.0 Å². The van der Waals surface area contributed by atoms with Crippen LogP contribution in [0.2, 0.25) is 0 Å². The van der Waals surface area contributed by atoms with Crippen molar-refractivity contribution in [2.24, 2.45) is 0 Å². The van der Waals surface area contributed by atoms with Gasteiger partial charge in [-0.25, -0.2) is 0 Å². The number of hydrogen-bond acceptors (Lipinski definition) is 2. The Labute approximate surface area is 115 Å². The van der Waals surface area contributed by atoms with Crippen molar-refractivity contribution >= 4 is 5.91 Å². The molecule has 0 saturated carbocycles. The largest absolute Gasteiger partial charge is 0.484 e. The molecule has 1 aromatic rings. The van der Waals surface area contributed by atoms with Crippen LogP contribution in [0.1, 0.15) is 37.3 Å². The molecule has 0 heterocycles. The van der Waals surface area contributed by atoms with E-state index in [0.29, 0.717) is 0 Å².